The standard InChI is InChI=1S/C14H18N2O2/c1-2-11(9-15)16-13(17)8-12(14(16)18)10-6-4-3-5-7-10/h3-7,11-12H,2,8-9,15H2,1H3. The molecule has 2 unspecified atom stereocenters. The molecule has 4 heteroatoms. The molecule has 0 aromatic heterocycles. The zero-order valence-electron chi connectivity index (χ0n) is 10.5. The van der Waals surface area contributed by atoms with Gasteiger partial charge in [-0.2, -0.15) is 0 Å². The third-order valence-electron chi connectivity index (χ3n) is 3.49. The van der Waals surface area contributed by atoms with Crippen molar-refractivity contribution in [2.45, 2.75) is 31.7 Å². The van der Waals surface area contributed by atoms with Gasteiger partial charge in [-0.05, 0) is 12.0 Å². The first kappa shape index (κ1) is 12.8. The second-order valence-corrected chi connectivity index (χ2v) is 4.57. The fraction of sp³-hybridized carbons (Fsp3) is 0.429. The highest BCUT2D eigenvalue weighted by molar-refractivity contribution is 6.06. The molecule has 1 aromatic rings. The summed E-state index contributed by atoms with van der Waals surface area (Å²) in [6, 6.07) is 9.29. The fourth-order valence-electron chi connectivity index (χ4n) is 2.44. The van der Waals surface area contributed by atoms with Gasteiger partial charge in [0.1, 0.15) is 0 Å². The summed E-state index contributed by atoms with van der Waals surface area (Å²) in [5.41, 5.74) is 6.53. The minimum absolute atomic E-state index is 0.105. The summed E-state index contributed by atoms with van der Waals surface area (Å²) >= 11 is 0. The number of rotatable bonds is 4. The molecule has 1 aliphatic rings. The molecule has 1 aromatic carbocycles. The smallest absolute Gasteiger partial charge is 0.237 e. The van der Waals surface area contributed by atoms with E-state index in [0.717, 1.165) is 5.56 Å². The quantitative estimate of drug-likeness (QED) is 0.814. The highest BCUT2D eigenvalue weighted by atomic mass is 16.2. The number of nitrogens with zero attached hydrogens (tertiary/aromatic N) is 1. The van der Waals surface area contributed by atoms with Gasteiger partial charge in [-0.25, -0.2) is 0 Å². The topological polar surface area (TPSA) is 63.4 Å². The Hall–Kier alpha value is -1.68. The maximum atomic E-state index is 12.3. The fourth-order valence-corrected chi connectivity index (χ4v) is 2.44. The molecule has 1 saturated heterocycles. The molecule has 4 nitrogen and oxygen atoms in total. The number of hydrogen-bond acceptors (Lipinski definition) is 3. The van der Waals surface area contributed by atoms with Crippen LogP contribution in [0.25, 0.3) is 0 Å². The number of carbonyl (C=O) groups is 2. The summed E-state index contributed by atoms with van der Waals surface area (Å²) < 4.78 is 0. The van der Waals surface area contributed by atoms with Crippen LogP contribution in [0.15, 0.2) is 30.3 Å². The van der Waals surface area contributed by atoms with Crippen LogP contribution < -0.4 is 5.73 Å². The van der Waals surface area contributed by atoms with Gasteiger partial charge >= 0.3 is 0 Å². The maximum absolute atomic E-state index is 12.3. The molecule has 1 fully saturated rings. The Labute approximate surface area is 107 Å². The Morgan fingerprint density at radius 3 is 2.56 bits per heavy atom. The molecular formula is C14H18N2O2. The molecular weight excluding hydrogens is 228 g/mol. The van der Waals surface area contributed by atoms with E-state index in [1.807, 2.05) is 37.3 Å². The molecule has 0 saturated carbocycles. The van der Waals surface area contributed by atoms with Crippen molar-refractivity contribution in [3.05, 3.63) is 35.9 Å². The van der Waals surface area contributed by atoms with E-state index in [0.29, 0.717) is 13.0 Å². The second-order valence-electron chi connectivity index (χ2n) is 4.57. The molecule has 18 heavy (non-hydrogen) atoms. The molecule has 2 amide bonds. The number of carbonyl (C=O) groups excluding carboxylic acids is 2. The molecule has 2 rings (SSSR count). The van der Waals surface area contributed by atoms with Crippen molar-refractivity contribution >= 4 is 11.8 Å². The van der Waals surface area contributed by atoms with E-state index in [1.54, 1.807) is 0 Å². The molecule has 1 aliphatic heterocycles. The Morgan fingerprint density at radius 2 is 2.00 bits per heavy atom. The van der Waals surface area contributed by atoms with E-state index in [9.17, 15) is 9.59 Å². The van der Waals surface area contributed by atoms with Crippen molar-refractivity contribution in [1.29, 1.82) is 0 Å². The minimum Gasteiger partial charge on any atom is -0.328 e. The first-order valence-corrected chi connectivity index (χ1v) is 6.30. The monoisotopic (exact) mass is 246 g/mol. The van der Waals surface area contributed by atoms with Crippen LogP contribution >= 0.6 is 0 Å². The van der Waals surface area contributed by atoms with E-state index in [4.69, 9.17) is 5.73 Å². The maximum Gasteiger partial charge on any atom is 0.237 e. The first-order chi connectivity index (χ1) is 8.69. The lowest BCUT2D eigenvalue weighted by atomic mass is 9.98. The molecule has 0 radical (unpaired) electrons. The zero-order chi connectivity index (χ0) is 13.1. The molecule has 0 bridgehead atoms. The summed E-state index contributed by atoms with van der Waals surface area (Å²) in [6.45, 7) is 2.27. The van der Waals surface area contributed by atoms with Gasteiger partial charge < -0.3 is 5.73 Å². The van der Waals surface area contributed by atoms with Gasteiger partial charge in [-0.15, -0.1) is 0 Å². The van der Waals surface area contributed by atoms with Crippen LogP contribution in [0.5, 0.6) is 0 Å². The molecule has 2 atom stereocenters. The Balaban J connectivity index is 2.24. The van der Waals surface area contributed by atoms with Crippen LogP contribution in [-0.2, 0) is 9.59 Å². The first-order valence-electron chi connectivity index (χ1n) is 6.30. The van der Waals surface area contributed by atoms with Crippen molar-refractivity contribution in [1.82, 2.24) is 4.90 Å². The summed E-state index contributed by atoms with van der Waals surface area (Å²) in [4.78, 5) is 25.7. The third-order valence-corrected chi connectivity index (χ3v) is 3.49. The van der Waals surface area contributed by atoms with Gasteiger partial charge in [0.15, 0.2) is 0 Å². The van der Waals surface area contributed by atoms with Gasteiger partial charge in [0.2, 0.25) is 11.8 Å². The number of nitrogens with two attached hydrogens (primary N) is 1. The molecule has 96 valence electrons. The van der Waals surface area contributed by atoms with Gasteiger partial charge in [0.25, 0.3) is 0 Å². The lowest BCUT2D eigenvalue weighted by Gasteiger charge is -2.24. The van der Waals surface area contributed by atoms with Gasteiger partial charge in [-0.1, -0.05) is 37.3 Å². The van der Waals surface area contributed by atoms with Crippen molar-refractivity contribution in [3.63, 3.8) is 0 Å². The number of benzene rings is 1. The SMILES string of the molecule is CCC(CN)N1C(=O)CC(c2ccccc2)C1=O. The second kappa shape index (κ2) is 5.31. The van der Waals surface area contributed by atoms with Crippen LogP contribution in [0.4, 0.5) is 0 Å². The predicted molar refractivity (Wildman–Crippen MR) is 68.8 cm³/mol. The van der Waals surface area contributed by atoms with Gasteiger partial charge in [-0.3, -0.25) is 14.5 Å². The predicted octanol–water partition coefficient (Wildman–Crippen LogP) is 1.27. The number of hydrogen-bond donors (Lipinski definition) is 1. The summed E-state index contributed by atoms with van der Waals surface area (Å²) in [5.74, 6) is -0.547. The van der Waals surface area contributed by atoms with Crippen LogP contribution in [0.1, 0.15) is 31.2 Å². The normalized spacial score (nSPS) is 21.4. The van der Waals surface area contributed by atoms with Crippen LogP contribution in [0.3, 0.4) is 0 Å². The zero-order valence-corrected chi connectivity index (χ0v) is 10.5. The summed E-state index contributed by atoms with van der Waals surface area (Å²) in [5, 5.41) is 0. The number of likely N-dealkylation sites (tertiary alicyclic amines) is 1. The molecule has 0 aliphatic carbocycles. The summed E-state index contributed by atoms with van der Waals surface area (Å²) in [7, 11) is 0. The van der Waals surface area contributed by atoms with Crippen molar-refractivity contribution in [3.8, 4) is 0 Å². The average Bonchev–Trinajstić information content (AvgIpc) is 2.69. The van der Waals surface area contributed by atoms with Crippen LogP contribution in [0.2, 0.25) is 0 Å². The van der Waals surface area contributed by atoms with Crippen molar-refractivity contribution in [2.75, 3.05) is 6.54 Å². The Bertz CT molecular complexity index is 440. The van der Waals surface area contributed by atoms with Crippen LogP contribution in [0, 0.1) is 0 Å². The molecule has 0 spiro atoms. The van der Waals surface area contributed by atoms with Gasteiger partial charge in [0, 0.05) is 13.0 Å². The Morgan fingerprint density at radius 1 is 1.33 bits per heavy atom. The van der Waals surface area contributed by atoms with Crippen LogP contribution in [-0.4, -0.2) is 29.3 Å². The van der Waals surface area contributed by atoms with E-state index >= 15 is 0 Å². The van der Waals surface area contributed by atoms with Crippen molar-refractivity contribution < 1.29 is 9.59 Å². The van der Waals surface area contributed by atoms with E-state index in [2.05, 4.69) is 0 Å². The van der Waals surface area contributed by atoms with E-state index < -0.39 is 0 Å². The largest absolute Gasteiger partial charge is 0.328 e. The highest BCUT2D eigenvalue weighted by Gasteiger charge is 2.41. The Kier molecular flexibility index (Phi) is 3.77. The third kappa shape index (κ3) is 2.16. The lowest BCUT2D eigenvalue weighted by Crippen LogP contribution is -2.44. The van der Waals surface area contributed by atoms with Crippen molar-refractivity contribution in [2.24, 2.45) is 5.73 Å². The van der Waals surface area contributed by atoms with Gasteiger partial charge in [0.05, 0.1) is 12.0 Å². The van der Waals surface area contributed by atoms with E-state index in [-0.39, 0.29) is 30.2 Å². The highest BCUT2D eigenvalue weighted by Crippen LogP contribution is 2.31. The molecule has 1 heterocycles. The minimum atomic E-state index is -0.334. The summed E-state index contributed by atoms with van der Waals surface area (Å²) in [6.07, 6.45) is 0.967. The van der Waals surface area contributed by atoms with E-state index in [1.165, 1.54) is 4.90 Å². The molecule has 2 N–H and O–H groups in total. The average molecular weight is 246 g/mol. The number of imide groups is 1. The number of amides is 2. The lowest BCUT2D eigenvalue weighted by molar-refractivity contribution is -0.141.